The molecule has 0 saturated heterocycles. The van der Waals surface area contributed by atoms with Crippen molar-refractivity contribution < 1.29 is 0 Å². The third kappa shape index (κ3) is 3.86. The van der Waals surface area contributed by atoms with E-state index in [2.05, 4.69) is 28.2 Å². The summed E-state index contributed by atoms with van der Waals surface area (Å²) in [6.45, 7) is 3.71. The molecule has 0 aliphatic carbocycles. The fourth-order valence-corrected chi connectivity index (χ4v) is 2.12. The molecule has 0 saturated carbocycles. The molecule has 100 valence electrons. The van der Waals surface area contributed by atoms with Gasteiger partial charge in [-0.3, -0.25) is 0 Å². The zero-order chi connectivity index (χ0) is 13.7. The minimum atomic E-state index is 0.764. The maximum atomic E-state index is 6.00. The van der Waals surface area contributed by atoms with Gasteiger partial charge in [0.05, 0.1) is 0 Å². The zero-order valence-electron chi connectivity index (χ0n) is 11.2. The van der Waals surface area contributed by atoms with E-state index in [0.717, 1.165) is 29.7 Å². The number of pyridine rings is 1. The Morgan fingerprint density at radius 2 is 2.00 bits per heavy atom. The van der Waals surface area contributed by atoms with Gasteiger partial charge in [0.2, 0.25) is 0 Å². The Balaban J connectivity index is 2.11. The number of nitrogens with zero attached hydrogens (tertiary/aromatic N) is 2. The molecule has 0 bridgehead atoms. The van der Waals surface area contributed by atoms with E-state index >= 15 is 0 Å². The molecule has 1 N–H and O–H groups in total. The molecule has 0 unspecified atom stereocenters. The van der Waals surface area contributed by atoms with Crippen LogP contribution in [0.2, 0.25) is 5.02 Å². The standard InChI is InChI=1S/C15H18ClN3/c1-3-17-14-8-5-9-15(18-14)19(2)11-12-6-4-7-13(16)10-12/h4-10H,3,11H2,1-2H3,(H,17,18). The van der Waals surface area contributed by atoms with Gasteiger partial charge in [-0.1, -0.05) is 29.8 Å². The van der Waals surface area contributed by atoms with E-state index < -0.39 is 0 Å². The maximum absolute atomic E-state index is 6.00. The number of halogens is 1. The average molecular weight is 276 g/mol. The Hall–Kier alpha value is -1.74. The van der Waals surface area contributed by atoms with Crippen molar-refractivity contribution >= 4 is 23.2 Å². The number of rotatable bonds is 5. The van der Waals surface area contributed by atoms with E-state index in [0.29, 0.717) is 0 Å². The summed E-state index contributed by atoms with van der Waals surface area (Å²) in [6.07, 6.45) is 0. The molecule has 0 fully saturated rings. The number of benzene rings is 1. The van der Waals surface area contributed by atoms with Crippen molar-refractivity contribution in [1.29, 1.82) is 0 Å². The van der Waals surface area contributed by atoms with Crippen molar-refractivity contribution in [2.24, 2.45) is 0 Å². The van der Waals surface area contributed by atoms with Crippen LogP contribution in [0.3, 0.4) is 0 Å². The Morgan fingerprint density at radius 1 is 1.21 bits per heavy atom. The minimum Gasteiger partial charge on any atom is -0.370 e. The highest BCUT2D eigenvalue weighted by molar-refractivity contribution is 6.30. The van der Waals surface area contributed by atoms with Gasteiger partial charge in [0.15, 0.2) is 0 Å². The highest BCUT2D eigenvalue weighted by Crippen LogP contribution is 2.17. The van der Waals surface area contributed by atoms with Gasteiger partial charge in [0.25, 0.3) is 0 Å². The average Bonchev–Trinajstić information content (AvgIpc) is 2.39. The van der Waals surface area contributed by atoms with Crippen molar-refractivity contribution in [2.45, 2.75) is 13.5 Å². The molecule has 1 aromatic heterocycles. The third-order valence-electron chi connectivity index (χ3n) is 2.79. The van der Waals surface area contributed by atoms with Gasteiger partial charge in [0, 0.05) is 25.2 Å². The lowest BCUT2D eigenvalue weighted by Crippen LogP contribution is -2.18. The van der Waals surface area contributed by atoms with Crippen LogP contribution in [0, 0.1) is 0 Å². The minimum absolute atomic E-state index is 0.764. The predicted molar refractivity (Wildman–Crippen MR) is 82.0 cm³/mol. The molecule has 19 heavy (non-hydrogen) atoms. The van der Waals surface area contributed by atoms with Crippen LogP contribution in [0.25, 0.3) is 0 Å². The van der Waals surface area contributed by atoms with Crippen LogP contribution < -0.4 is 10.2 Å². The van der Waals surface area contributed by atoms with Gasteiger partial charge in [-0.15, -0.1) is 0 Å². The van der Waals surface area contributed by atoms with Gasteiger partial charge < -0.3 is 10.2 Å². The first kappa shape index (κ1) is 13.7. The summed E-state index contributed by atoms with van der Waals surface area (Å²) in [5, 5.41) is 3.98. The molecule has 3 nitrogen and oxygen atoms in total. The lowest BCUT2D eigenvalue weighted by atomic mass is 10.2. The molecule has 2 aromatic rings. The number of aromatic nitrogens is 1. The molecular formula is C15H18ClN3. The molecule has 4 heteroatoms. The molecule has 1 heterocycles. The first-order valence-electron chi connectivity index (χ1n) is 6.35. The molecular weight excluding hydrogens is 258 g/mol. The Labute approximate surface area is 119 Å². The zero-order valence-corrected chi connectivity index (χ0v) is 12.0. The summed E-state index contributed by atoms with van der Waals surface area (Å²) in [4.78, 5) is 6.67. The Morgan fingerprint density at radius 3 is 2.74 bits per heavy atom. The van der Waals surface area contributed by atoms with E-state index in [1.165, 1.54) is 5.56 Å². The van der Waals surface area contributed by atoms with E-state index in [-0.39, 0.29) is 0 Å². The van der Waals surface area contributed by atoms with Crippen LogP contribution in [-0.4, -0.2) is 18.6 Å². The summed E-state index contributed by atoms with van der Waals surface area (Å²) in [7, 11) is 2.03. The SMILES string of the molecule is CCNc1cccc(N(C)Cc2cccc(Cl)c2)n1. The number of nitrogens with one attached hydrogen (secondary N) is 1. The first-order chi connectivity index (χ1) is 9.19. The number of hydrogen-bond donors (Lipinski definition) is 1. The topological polar surface area (TPSA) is 28.2 Å². The summed E-state index contributed by atoms with van der Waals surface area (Å²) in [5.74, 6) is 1.84. The van der Waals surface area contributed by atoms with Crippen molar-refractivity contribution in [3.8, 4) is 0 Å². The van der Waals surface area contributed by atoms with Crippen LogP contribution in [0.15, 0.2) is 42.5 Å². The van der Waals surface area contributed by atoms with Gasteiger partial charge in [-0.25, -0.2) is 4.98 Å². The maximum Gasteiger partial charge on any atom is 0.130 e. The largest absolute Gasteiger partial charge is 0.370 e. The molecule has 0 aliphatic heterocycles. The number of anilines is 2. The van der Waals surface area contributed by atoms with E-state index in [1.807, 2.05) is 43.4 Å². The molecule has 0 atom stereocenters. The third-order valence-corrected chi connectivity index (χ3v) is 3.03. The molecule has 0 aliphatic rings. The van der Waals surface area contributed by atoms with Gasteiger partial charge in [0.1, 0.15) is 11.6 Å². The summed E-state index contributed by atoms with van der Waals surface area (Å²) < 4.78 is 0. The summed E-state index contributed by atoms with van der Waals surface area (Å²) in [5.41, 5.74) is 1.17. The second-order valence-corrected chi connectivity index (χ2v) is 4.83. The van der Waals surface area contributed by atoms with Gasteiger partial charge >= 0.3 is 0 Å². The second kappa shape index (κ2) is 6.43. The molecule has 2 rings (SSSR count). The van der Waals surface area contributed by atoms with Crippen LogP contribution >= 0.6 is 11.6 Å². The van der Waals surface area contributed by atoms with Crippen molar-refractivity contribution in [3.05, 3.63) is 53.1 Å². The summed E-state index contributed by atoms with van der Waals surface area (Å²) in [6, 6.07) is 13.9. The highest BCUT2D eigenvalue weighted by atomic mass is 35.5. The fraction of sp³-hybridized carbons (Fsp3) is 0.267. The van der Waals surface area contributed by atoms with Crippen molar-refractivity contribution in [3.63, 3.8) is 0 Å². The van der Waals surface area contributed by atoms with E-state index in [1.54, 1.807) is 0 Å². The van der Waals surface area contributed by atoms with Crippen LogP contribution in [0.4, 0.5) is 11.6 Å². The molecule has 1 aromatic carbocycles. The summed E-state index contributed by atoms with van der Waals surface area (Å²) >= 11 is 6.00. The monoisotopic (exact) mass is 275 g/mol. The normalized spacial score (nSPS) is 10.3. The Kier molecular flexibility index (Phi) is 4.63. The van der Waals surface area contributed by atoms with E-state index in [9.17, 15) is 0 Å². The van der Waals surface area contributed by atoms with Crippen molar-refractivity contribution in [1.82, 2.24) is 4.98 Å². The number of hydrogen-bond acceptors (Lipinski definition) is 3. The smallest absolute Gasteiger partial charge is 0.130 e. The first-order valence-corrected chi connectivity index (χ1v) is 6.73. The predicted octanol–water partition coefficient (Wildman–Crippen LogP) is 3.80. The Bertz CT molecular complexity index is 542. The molecule has 0 spiro atoms. The second-order valence-electron chi connectivity index (χ2n) is 4.40. The molecule has 0 amide bonds. The lowest BCUT2D eigenvalue weighted by Gasteiger charge is -2.19. The van der Waals surface area contributed by atoms with Gasteiger partial charge in [-0.05, 0) is 36.8 Å². The lowest BCUT2D eigenvalue weighted by molar-refractivity contribution is 0.898. The highest BCUT2D eigenvalue weighted by Gasteiger charge is 2.04. The van der Waals surface area contributed by atoms with Crippen molar-refractivity contribution in [2.75, 3.05) is 23.8 Å². The molecule has 0 radical (unpaired) electrons. The van der Waals surface area contributed by atoms with Crippen LogP contribution in [0.1, 0.15) is 12.5 Å². The van der Waals surface area contributed by atoms with Crippen LogP contribution in [0.5, 0.6) is 0 Å². The quantitative estimate of drug-likeness (QED) is 0.900. The van der Waals surface area contributed by atoms with E-state index in [4.69, 9.17) is 11.6 Å². The van der Waals surface area contributed by atoms with Crippen LogP contribution in [-0.2, 0) is 6.54 Å². The fourth-order valence-electron chi connectivity index (χ4n) is 1.91. The van der Waals surface area contributed by atoms with Gasteiger partial charge in [-0.2, -0.15) is 0 Å².